The predicted molar refractivity (Wildman–Crippen MR) is 74.8 cm³/mol. The second-order valence-corrected chi connectivity index (χ2v) is 5.08. The van der Waals surface area contributed by atoms with Crippen LogP contribution in [-0.2, 0) is 4.79 Å². The van der Waals surface area contributed by atoms with Gasteiger partial charge < -0.3 is 5.32 Å². The summed E-state index contributed by atoms with van der Waals surface area (Å²) in [5.74, 6) is 0.124. The summed E-state index contributed by atoms with van der Waals surface area (Å²) < 4.78 is 0. The van der Waals surface area contributed by atoms with Gasteiger partial charge in [0, 0.05) is 0 Å². The molecule has 0 bridgehead atoms. The Bertz CT molecular complexity index is 545. The zero-order valence-corrected chi connectivity index (χ0v) is 11.5. The Morgan fingerprint density at radius 3 is 2.44 bits per heavy atom. The first-order valence-electron chi connectivity index (χ1n) is 5.81. The molecule has 1 aromatic heterocycles. The minimum absolute atomic E-state index is 0.124. The Morgan fingerprint density at radius 2 is 2.00 bits per heavy atom. The molecule has 0 saturated carbocycles. The van der Waals surface area contributed by atoms with E-state index in [-0.39, 0.29) is 11.8 Å². The van der Waals surface area contributed by atoms with E-state index in [9.17, 15) is 4.79 Å². The third-order valence-electron chi connectivity index (χ3n) is 2.95. The highest BCUT2D eigenvalue weighted by atomic mass is 32.1. The number of nitrogens with zero attached hydrogens (tertiary/aromatic N) is 1. The standard InChI is InChI=1S/C14H16N2OS/c1-9-14(18-8-16-9)12-6-4-11(5-7-12)13(15-3)10(2)17/h4-8,13,15H,1-3H3/t13-/m0/s1. The zero-order valence-electron chi connectivity index (χ0n) is 10.7. The molecule has 0 aliphatic carbocycles. The largest absolute Gasteiger partial charge is 0.307 e. The van der Waals surface area contributed by atoms with Crippen LogP contribution in [0.25, 0.3) is 10.4 Å². The first kappa shape index (κ1) is 12.9. The summed E-state index contributed by atoms with van der Waals surface area (Å²) in [6.45, 7) is 3.61. The van der Waals surface area contributed by atoms with Gasteiger partial charge in [-0.15, -0.1) is 11.3 Å². The summed E-state index contributed by atoms with van der Waals surface area (Å²) in [5, 5.41) is 3.02. The van der Waals surface area contributed by atoms with E-state index in [4.69, 9.17) is 0 Å². The summed E-state index contributed by atoms with van der Waals surface area (Å²) in [6.07, 6.45) is 0. The van der Waals surface area contributed by atoms with Gasteiger partial charge in [0.05, 0.1) is 22.1 Å². The topological polar surface area (TPSA) is 42.0 Å². The number of nitrogens with one attached hydrogen (secondary N) is 1. The molecule has 2 rings (SSSR count). The highest BCUT2D eigenvalue weighted by molar-refractivity contribution is 7.13. The lowest BCUT2D eigenvalue weighted by atomic mass is 10.0. The number of carbonyl (C=O) groups excluding carboxylic acids is 1. The molecule has 0 aliphatic heterocycles. The Hall–Kier alpha value is -1.52. The van der Waals surface area contributed by atoms with Gasteiger partial charge in [0.1, 0.15) is 0 Å². The van der Waals surface area contributed by atoms with Gasteiger partial charge >= 0.3 is 0 Å². The third-order valence-corrected chi connectivity index (χ3v) is 3.92. The van der Waals surface area contributed by atoms with Gasteiger partial charge in [0.25, 0.3) is 0 Å². The van der Waals surface area contributed by atoms with E-state index >= 15 is 0 Å². The lowest BCUT2D eigenvalue weighted by Gasteiger charge is -2.13. The fraction of sp³-hybridized carbons (Fsp3) is 0.286. The lowest BCUT2D eigenvalue weighted by Crippen LogP contribution is -2.23. The van der Waals surface area contributed by atoms with Crippen LogP contribution >= 0.6 is 11.3 Å². The summed E-state index contributed by atoms with van der Waals surface area (Å²) >= 11 is 1.64. The Morgan fingerprint density at radius 1 is 1.33 bits per heavy atom. The molecule has 18 heavy (non-hydrogen) atoms. The average molecular weight is 260 g/mol. The molecule has 1 N–H and O–H groups in total. The van der Waals surface area contributed by atoms with Crippen molar-refractivity contribution in [2.45, 2.75) is 19.9 Å². The Kier molecular flexibility index (Phi) is 3.89. The molecule has 94 valence electrons. The van der Waals surface area contributed by atoms with Crippen molar-refractivity contribution in [1.82, 2.24) is 10.3 Å². The maximum Gasteiger partial charge on any atom is 0.151 e. The molecule has 3 nitrogen and oxygen atoms in total. The van der Waals surface area contributed by atoms with Crippen LogP contribution in [0, 0.1) is 6.92 Å². The molecule has 0 fully saturated rings. The average Bonchev–Trinajstić information content (AvgIpc) is 2.77. The molecule has 4 heteroatoms. The number of carbonyl (C=O) groups is 1. The van der Waals surface area contributed by atoms with Gasteiger partial charge in [-0.25, -0.2) is 4.98 Å². The smallest absolute Gasteiger partial charge is 0.151 e. The van der Waals surface area contributed by atoms with Crippen LogP contribution in [0.3, 0.4) is 0 Å². The first-order valence-corrected chi connectivity index (χ1v) is 6.69. The highest BCUT2D eigenvalue weighted by Crippen LogP contribution is 2.28. The number of hydrogen-bond donors (Lipinski definition) is 1. The van der Waals surface area contributed by atoms with Crippen LogP contribution in [0.5, 0.6) is 0 Å². The highest BCUT2D eigenvalue weighted by Gasteiger charge is 2.14. The summed E-state index contributed by atoms with van der Waals surface area (Å²) in [7, 11) is 1.80. The van der Waals surface area contributed by atoms with E-state index in [1.807, 2.05) is 36.7 Å². The number of aromatic nitrogens is 1. The molecule has 0 unspecified atom stereocenters. The number of thiazole rings is 1. The zero-order chi connectivity index (χ0) is 13.1. The molecule has 0 amide bonds. The Balaban J connectivity index is 2.31. The van der Waals surface area contributed by atoms with E-state index in [2.05, 4.69) is 10.3 Å². The SMILES string of the molecule is CN[C@@H](C(C)=O)c1ccc(-c2scnc2C)cc1. The van der Waals surface area contributed by atoms with E-state index < -0.39 is 0 Å². The van der Waals surface area contributed by atoms with Gasteiger partial charge in [0.2, 0.25) is 0 Å². The number of Topliss-reactive ketones (excluding diaryl/α,β-unsaturated/α-hetero) is 1. The fourth-order valence-electron chi connectivity index (χ4n) is 2.01. The summed E-state index contributed by atoms with van der Waals surface area (Å²) in [5.41, 5.74) is 5.04. The molecule has 1 aromatic carbocycles. The predicted octanol–water partition coefficient (Wildman–Crippen LogP) is 2.97. The minimum atomic E-state index is -0.221. The van der Waals surface area contributed by atoms with Crippen molar-refractivity contribution in [1.29, 1.82) is 0 Å². The molecular formula is C14H16N2OS. The molecule has 0 aliphatic rings. The van der Waals surface area contributed by atoms with Crippen LogP contribution < -0.4 is 5.32 Å². The monoisotopic (exact) mass is 260 g/mol. The second-order valence-electron chi connectivity index (χ2n) is 4.22. The Labute approximate surface area is 111 Å². The van der Waals surface area contributed by atoms with Gasteiger partial charge in [-0.1, -0.05) is 24.3 Å². The van der Waals surface area contributed by atoms with Crippen molar-refractivity contribution >= 4 is 17.1 Å². The fourth-order valence-corrected chi connectivity index (χ4v) is 2.82. The number of likely N-dealkylation sites (N-methyl/N-ethyl adjacent to an activating group) is 1. The summed E-state index contributed by atoms with van der Waals surface area (Å²) in [4.78, 5) is 16.9. The van der Waals surface area contributed by atoms with E-state index in [0.29, 0.717) is 0 Å². The number of hydrogen-bond acceptors (Lipinski definition) is 4. The van der Waals surface area contributed by atoms with Crippen molar-refractivity contribution in [3.8, 4) is 10.4 Å². The van der Waals surface area contributed by atoms with Gasteiger partial charge in [-0.05, 0) is 32.0 Å². The van der Waals surface area contributed by atoms with E-state index in [0.717, 1.165) is 16.8 Å². The number of benzene rings is 1. The van der Waals surface area contributed by atoms with Crippen molar-refractivity contribution in [3.05, 3.63) is 41.0 Å². The van der Waals surface area contributed by atoms with Crippen LogP contribution in [0.4, 0.5) is 0 Å². The van der Waals surface area contributed by atoms with E-state index in [1.54, 1.807) is 25.3 Å². The molecule has 0 radical (unpaired) electrons. The van der Waals surface area contributed by atoms with Crippen molar-refractivity contribution in [2.24, 2.45) is 0 Å². The number of aryl methyl sites for hydroxylation is 1. The maximum absolute atomic E-state index is 11.5. The van der Waals surface area contributed by atoms with Gasteiger partial charge in [-0.2, -0.15) is 0 Å². The first-order chi connectivity index (χ1) is 8.63. The minimum Gasteiger partial charge on any atom is -0.307 e. The third kappa shape index (κ3) is 2.49. The molecule has 0 saturated heterocycles. The maximum atomic E-state index is 11.5. The lowest BCUT2D eigenvalue weighted by molar-refractivity contribution is -0.119. The van der Waals surface area contributed by atoms with Crippen molar-refractivity contribution in [3.63, 3.8) is 0 Å². The molecule has 0 spiro atoms. The molecule has 2 aromatic rings. The van der Waals surface area contributed by atoms with Gasteiger partial charge in [-0.3, -0.25) is 4.79 Å². The van der Waals surface area contributed by atoms with Crippen molar-refractivity contribution < 1.29 is 4.79 Å². The molecule has 1 heterocycles. The quantitative estimate of drug-likeness (QED) is 0.919. The van der Waals surface area contributed by atoms with Crippen LogP contribution in [-0.4, -0.2) is 17.8 Å². The molecular weight excluding hydrogens is 244 g/mol. The number of ketones is 1. The van der Waals surface area contributed by atoms with E-state index in [1.165, 1.54) is 4.88 Å². The number of rotatable bonds is 4. The van der Waals surface area contributed by atoms with Gasteiger partial charge in [0.15, 0.2) is 5.78 Å². The van der Waals surface area contributed by atoms with Crippen LogP contribution in [0.2, 0.25) is 0 Å². The van der Waals surface area contributed by atoms with Crippen molar-refractivity contribution in [2.75, 3.05) is 7.05 Å². The second kappa shape index (κ2) is 5.42. The summed E-state index contributed by atoms with van der Waals surface area (Å²) in [6, 6.07) is 7.86. The normalized spacial score (nSPS) is 12.4. The van der Waals surface area contributed by atoms with Crippen LogP contribution in [0.1, 0.15) is 24.2 Å². The molecule has 1 atom stereocenters. The van der Waals surface area contributed by atoms with Crippen LogP contribution in [0.15, 0.2) is 29.8 Å².